The van der Waals surface area contributed by atoms with Crippen LogP contribution in [0, 0.1) is 12.3 Å². The average molecular weight is 317 g/mol. The summed E-state index contributed by atoms with van der Waals surface area (Å²) in [6.07, 6.45) is 1.08. The highest BCUT2D eigenvalue weighted by Crippen LogP contribution is 2.58. The molecule has 0 saturated heterocycles. The first kappa shape index (κ1) is 15.1. The molecular weight excluding hydrogens is 298 g/mol. The summed E-state index contributed by atoms with van der Waals surface area (Å²) in [4.78, 5) is 10.9. The van der Waals surface area contributed by atoms with Crippen LogP contribution >= 0.6 is 11.8 Å². The number of hydrogen-bond donors (Lipinski definition) is 1. The SMILES string of the molecule is Cc1ccccc1-n1c(SCC(=O)O)nnc1C1CC1(C)C. The third-order valence-electron chi connectivity index (χ3n) is 4.16. The highest BCUT2D eigenvalue weighted by Gasteiger charge is 2.50. The van der Waals surface area contributed by atoms with Gasteiger partial charge in [0.2, 0.25) is 0 Å². The monoisotopic (exact) mass is 317 g/mol. The van der Waals surface area contributed by atoms with Crippen molar-refractivity contribution in [3.63, 3.8) is 0 Å². The molecule has 1 fully saturated rings. The molecule has 1 N–H and O–H groups in total. The second-order valence-corrected chi connectivity index (χ2v) is 7.33. The van der Waals surface area contributed by atoms with E-state index in [1.54, 1.807) is 0 Å². The molecule has 1 aliphatic carbocycles. The van der Waals surface area contributed by atoms with E-state index in [2.05, 4.69) is 24.0 Å². The Bertz CT molecular complexity index is 724. The van der Waals surface area contributed by atoms with Crippen LogP contribution in [0.4, 0.5) is 0 Å². The zero-order valence-electron chi connectivity index (χ0n) is 12.9. The van der Waals surface area contributed by atoms with Gasteiger partial charge >= 0.3 is 5.97 Å². The maximum atomic E-state index is 10.9. The largest absolute Gasteiger partial charge is 0.481 e. The molecule has 0 bridgehead atoms. The topological polar surface area (TPSA) is 68.0 Å². The number of carboxylic acid groups (broad SMARTS) is 1. The van der Waals surface area contributed by atoms with Crippen molar-refractivity contribution in [2.75, 3.05) is 5.75 Å². The molecule has 0 aliphatic heterocycles. The van der Waals surface area contributed by atoms with Crippen molar-refractivity contribution in [3.8, 4) is 5.69 Å². The first-order valence-corrected chi connectivity index (χ1v) is 8.24. The van der Waals surface area contributed by atoms with E-state index < -0.39 is 5.97 Å². The fourth-order valence-electron chi connectivity index (χ4n) is 2.68. The van der Waals surface area contributed by atoms with Crippen LogP contribution in [0.3, 0.4) is 0 Å². The van der Waals surface area contributed by atoms with Crippen LogP contribution in [-0.2, 0) is 4.79 Å². The highest BCUT2D eigenvalue weighted by atomic mass is 32.2. The molecule has 6 heteroatoms. The van der Waals surface area contributed by atoms with Crippen molar-refractivity contribution in [1.82, 2.24) is 14.8 Å². The minimum absolute atomic E-state index is 0.0158. The lowest BCUT2D eigenvalue weighted by atomic mass is 10.1. The van der Waals surface area contributed by atoms with Gasteiger partial charge in [0, 0.05) is 5.92 Å². The summed E-state index contributed by atoms with van der Waals surface area (Å²) in [5, 5.41) is 18.2. The van der Waals surface area contributed by atoms with Crippen molar-refractivity contribution in [3.05, 3.63) is 35.7 Å². The quantitative estimate of drug-likeness (QED) is 0.857. The summed E-state index contributed by atoms with van der Waals surface area (Å²) < 4.78 is 2.03. The summed E-state index contributed by atoms with van der Waals surface area (Å²) in [6, 6.07) is 8.05. The smallest absolute Gasteiger partial charge is 0.313 e. The van der Waals surface area contributed by atoms with Crippen LogP contribution in [0.15, 0.2) is 29.4 Å². The van der Waals surface area contributed by atoms with E-state index in [1.807, 2.05) is 35.8 Å². The standard InChI is InChI=1S/C16H19N3O2S/c1-10-6-4-5-7-12(10)19-14(11-8-16(11,2)3)17-18-15(19)22-9-13(20)21/h4-7,11H,8-9H2,1-3H3,(H,20,21). The summed E-state index contributed by atoms with van der Waals surface area (Å²) in [6.45, 7) is 6.49. The number of rotatable bonds is 5. The van der Waals surface area contributed by atoms with Gasteiger partial charge < -0.3 is 5.11 Å². The summed E-state index contributed by atoms with van der Waals surface area (Å²) in [7, 11) is 0. The Morgan fingerprint density at radius 3 is 2.68 bits per heavy atom. The third-order valence-corrected chi connectivity index (χ3v) is 5.08. The van der Waals surface area contributed by atoms with Crippen LogP contribution in [0.1, 0.15) is 37.6 Å². The Hall–Kier alpha value is -1.82. The molecule has 0 amide bonds. The molecule has 1 aliphatic rings. The van der Waals surface area contributed by atoms with Crippen LogP contribution in [-0.4, -0.2) is 31.6 Å². The van der Waals surface area contributed by atoms with Gasteiger partial charge in [0.05, 0.1) is 11.4 Å². The lowest BCUT2D eigenvalue weighted by molar-refractivity contribution is -0.133. The molecule has 0 radical (unpaired) electrons. The molecular formula is C16H19N3O2S. The lowest BCUT2D eigenvalue weighted by Crippen LogP contribution is -2.07. The predicted molar refractivity (Wildman–Crippen MR) is 85.6 cm³/mol. The Kier molecular flexibility index (Phi) is 3.72. The van der Waals surface area contributed by atoms with E-state index >= 15 is 0 Å². The number of aromatic nitrogens is 3. The fraction of sp³-hybridized carbons (Fsp3) is 0.438. The van der Waals surface area contributed by atoms with Gasteiger partial charge in [-0.1, -0.05) is 43.8 Å². The number of carbonyl (C=O) groups is 1. The summed E-state index contributed by atoms with van der Waals surface area (Å²) in [5.41, 5.74) is 2.39. The molecule has 2 aromatic rings. The van der Waals surface area contributed by atoms with E-state index in [-0.39, 0.29) is 11.2 Å². The molecule has 22 heavy (non-hydrogen) atoms. The fourth-order valence-corrected chi connectivity index (χ4v) is 3.35. The second kappa shape index (κ2) is 5.43. The highest BCUT2D eigenvalue weighted by molar-refractivity contribution is 7.99. The van der Waals surface area contributed by atoms with Gasteiger partial charge in [-0.3, -0.25) is 9.36 Å². The number of thioether (sulfide) groups is 1. The number of para-hydroxylation sites is 1. The molecule has 3 rings (SSSR count). The third kappa shape index (κ3) is 2.75. The van der Waals surface area contributed by atoms with Crippen LogP contribution < -0.4 is 0 Å². The van der Waals surface area contributed by atoms with Crippen molar-refractivity contribution in [1.29, 1.82) is 0 Å². The van der Waals surface area contributed by atoms with E-state index in [0.717, 1.165) is 23.5 Å². The maximum absolute atomic E-state index is 10.9. The van der Waals surface area contributed by atoms with Gasteiger partial charge in [-0.15, -0.1) is 10.2 Å². The van der Waals surface area contributed by atoms with E-state index in [4.69, 9.17) is 5.11 Å². The number of benzene rings is 1. The number of hydrogen-bond acceptors (Lipinski definition) is 4. The Balaban J connectivity index is 2.05. The normalized spacial score (nSPS) is 19.1. The first-order valence-electron chi connectivity index (χ1n) is 7.26. The number of nitrogens with zero attached hydrogens (tertiary/aromatic N) is 3. The second-order valence-electron chi connectivity index (χ2n) is 6.39. The minimum Gasteiger partial charge on any atom is -0.481 e. The van der Waals surface area contributed by atoms with Crippen LogP contribution in [0.5, 0.6) is 0 Å². The summed E-state index contributed by atoms with van der Waals surface area (Å²) >= 11 is 1.21. The Morgan fingerprint density at radius 2 is 2.09 bits per heavy atom. The van der Waals surface area contributed by atoms with Gasteiger partial charge in [0.25, 0.3) is 0 Å². The number of aryl methyl sites for hydroxylation is 1. The van der Waals surface area contributed by atoms with Gasteiger partial charge in [-0.25, -0.2) is 0 Å². The van der Waals surface area contributed by atoms with E-state index in [1.165, 1.54) is 11.8 Å². The van der Waals surface area contributed by atoms with E-state index in [9.17, 15) is 4.79 Å². The van der Waals surface area contributed by atoms with Crippen molar-refractivity contribution >= 4 is 17.7 Å². The zero-order chi connectivity index (χ0) is 15.9. The van der Waals surface area contributed by atoms with Crippen molar-refractivity contribution < 1.29 is 9.90 Å². The molecule has 1 heterocycles. The molecule has 1 atom stereocenters. The lowest BCUT2D eigenvalue weighted by Gasteiger charge is -2.13. The maximum Gasteiger partial charge on any atom is 0.313 e. The molecule has 0 spiro atoms. The van der Waals surface area contributed by atoms with Crippen molar-refractivity contribution in [2.24, 2.45) is 5.41 Å². The number of aliphatic carboxylic acids is 1. The average Bonchev–Trinajstić information content (AvgIpc) is 2.91. The summed E-state index contributed by atoms with van der Waals surface area (Å²) in [5.74, 6) is 0.446. The van der Waals surface area contributed by atoms with Gasteiger partial charge in [-0.2, -0.15) is 0 Å². The van der Waals surface area contributed by atoms with Crippen LogP contribution in [0.25, 0.3) is 5.69 Å². The van der Waals surface area contributed by atoms with Gasteiger partial charge in [0.1, 0.15) is 5.82 Å². The van der Waals surface area contributed by atoms with Crippen molar-refractivity contribution in [2.45, 2.75) is 38.3 Å². The Morgan fingerprint density at radius 1 is 1.41 bits per heavy atom. The van der Waals surface area contributed by atoms with E-state index in [0.29, 0.717) is 11.1 Å². The number of carboxylic acids is 1. The minimum atomic E-state index is -0.849. The molecule has 1 aromatic carbocycles. The van der Waals surface area contributed by atoms with Crippen LogP contribution in [0.2, 0.25) is 0 Å². The first-order chi connectivity index (χ1) is 10.4. The predicted octanol–water partition coefficient (Wildman–Crippen LogP) is 3.27. The molecule has 1 aromatic heterocycles. The molecule has 116 valence electrons. The van der Waals surface area contributed by atoms with Gasteiger partial charge in [-0.05, 0) is 30.4 Å². The molecule has 1 saturated carbocycles. The zero-order valence-corrected chi connectivity index (χ0v) is 13.7. The molecule has 1 unspecified atom stereocenters. The molecule has 5 nitrogen and oxygen atoms in total. The van der Waals surface area contributed by atoms with Gasteiger partial charge in [0.15, 0.2) is 5.16 Å². The Labute approximate surface area is 133 Å².